The number of benzene rings is 1. The number of anilines is 1. The first-order valence-corrected chi connectivity index (χ1v) is 6.24. The molecule has 21 heavy (non-hydrogen) atoms. The fourth-order valence-electron chi connectivity index (χ4n) is 1.53. The minimum atomic E-state index is -1.41. The molecule has 0 unspecified atom stereocenters. The van der Waals surface area contributed by atoms with Gasteiger partial charge in [0.2, 0.25) is 5.82 Å². The first-order chi connectivity index (χ1) is 9.90. The van der Waals surface area contributed by atoms with E-state index in [1.807, 2.05) is 0 Å². The molecule has 1 aromatic heterocycles. The number of nitro benzene ring substituents is 1. The van der Waals surface area contributed by atoms with Gasteiger partial charge in [-0.25, -0.2) is 9.37 Å². The van der Waals surface area contributed by atoms with Crippen LogP contribution in [0.4, 0.5) is 20.3 Å². The standard InChI is InChI=1S/C12H6BrF2N3O3/c13-8-2-1-3-16-11(8)17-12(19)7-4-6(14)5-9(10(7)15)18(20)21/h1-5H,(H,16,17,19). The molecule has 1 amide bonds. The number of amides is 1. The van der Waals surface area contributed by atoms with Crippen molar-refractivity contribution in [2.24, 2.45) is 0 Å². The molecule has 0 aliphatic carbocycles. The van der Waals surface area contributed by atoms with Crippen LogP contribution in [0.25, 0.3) is 0 Å². The third-order valence-corrected chi connectivity index (χ3v) is 3.09. The first kappa shape index (κ1) is 15.0. The Hall–Kier alpha value is -2.42. The molecule has 0 radical (unpaired) electrons. The van der Waals surface area contributed by atoms with E-state index in [9.17, 15) is 23.7 Å². The molecular formula is C12H6BrF2N3O3. The van der Waals surface area contributed by atoms with E-state index in [0.29, 0.717) is 16.6 Å². The zero-order valence-corrected chi connectivity index (χ0v) is 11.7. The van der Waals surface area contributed by atoms with E-state index in [2.05, 4.69) is 26.2 Å². The third kappa shape index (κ3) is 3.19. The number of carbonyl (C=O) groups is 1. The maximum Gasteiger partial charge on any atom is 0.308 e. The summed E-state index contributed by atoms with van der Waals surface area (Å²) in [6, 6.07) is 4.15. The summed E-state index contributed by atoms with van der Waals surface area (Å²) < 4.78 is 27.5. The molecule has 1 N–H and O–H groups in total. The van der Waals surface area contributed by atoms with Gasteiger partial charge in [-0.3, -0.25) is 14.9 Å². The molecule has 1 aromatic carbocycles. The van der Waals surface area contributed by atoms with Crippen molar-refractivity contribution in [3.63, 3.8) is 0 Å². The van der Waals surface area contributed by atoms with Crippen molar-refractivity contribution in [2.45, 2.75) is 0 Å². The number of hydrogen-bond acceptors (Lipinski definition) is 4. The molecule has 0 aliphatic rings. The number of aromatic nitrogens is 1. The van der Waals surface area contributed by atoms with Crippen LogP contribution in [0.15, 0.2) is 34.9 Å². The second-order valence-corrected chi connectivity index (χ2v) is 4.69. The smallest absolute Gasteiger partial charge is 0.306 e. The predicted octanol–water partition coefficient (Wildman–Crippen LogP) is 3.28. The van der Waals surface area contributed by atoms with Crippen LogP contribution < -0.4 is 5.32 Å². The molecule has 6 nitrogen and oxygen atoms in total. The summed E-state index contributed by atoms with van der Waals surface area (Å²) >= 11 is 3.11. The molecule has 2 rings (SSSR count). The maximum absolute atomic E-state index is 13.9. The van der Waals surface area contributed by atoms with Crippen molar-refractivity contribution >= 4 is 33.3 Å². The van der Waals surface area contributed by atoms with E-state index in [1.165, 1.54) is 6.20 Å². The molecule has 0 atom stereocenters. The van der Waals surface area contributed by atoms with Crippen LogP contribution in [0, 0.1) is 21.7 Å². The van der Waals surface area contributed by atoms with Crippen LogP contribution in [0.1, 0.15) is 10.4 Å². The van der Waals surface area contributed by atoms with E-state index < -0.39 is 33.7 Å². The summed E-state index contributed by atoms with van der Waals surface area (Å²) in [6.07, 6.45) is 1.38. The zero-order valence-electron chi connectivity index (χ0n) is 10.1. The Balaban J connectivity index is 2.40. The molecule has 108 valence electrons. The quantitative estimate of drug-likeness (QED) is 0.674. The molecule has 0 spiro atoms. The highest BCUT2D eigenvalue weighted by atomic mass is 79.9. The molecule has 0 bridgehead atoms. The number of nitro groups is 1. The highest BCUT2D eigenvalue weighted by Gasteiger charge is 2.24. The Morgan fingerprint density at radius 2 is 2.10 bits per heavy atom. The highest BCUT2D eigenvalue weighted by Crippen LogP contribution is 2.24. The molecule has 2 aromatic rings. The molecule has 9 heteroatoms. The van der Waals surface area contributed by atoms with Crippen molar-refractivity contribution in [3.05, 3.63) is 62.2 Å². The lowest BCUT2D eigenvalue weighted by Crippen LogP contribution is -2.16. The number of pyridine rings is 1. The van der Waals surface area contributed by atoms with Crippen molar-refractivity contribution < 1.29 is 18.5 Å². The molecular weight excluding hydrogens is 352 g/mol. The van der Waals surface area contributed by atoms with Crippen molar-refractivity contribution in [1.82, 2.24) is 4.98 Å². The number of nitrogens with one attached hydrogen (secondary N) is 1. The van der Waals surface area contributed by atoms with E-state index in [1.54, 1.807) is 12.1 Å². The van der Waals surface area contributed by atoms with E-state index >= 15 is 0 Å². The first-order valence-electron chi connectivity index (χ1n) is 5.45. The Kier molecular flexibility index (Phi) is 4.22. The largest absolute Gasteiger partial charge is 0.308 e. The topological polar surface area (TPSA) is 85.1 Å². The lowest BCUT2D eigenvalue weighted by molar-refractivity contribution is -0.387. The number of rotatable bonds is 3. The van der Waals surface area contributed by atoms with Crippen LogP contribution in [0.3, 0.4) is 0 Å². The molecule has 0 saturated carbocycles. The monoisotopic (exact) mass is 357 g/mol. The van der Waals surface area contributed by atoms with Gasteiger partial charge in [0, 0.05) is 6.20 Å². The van der Waals surface area contributed by atoms with Gasteiger partial charge in [0.1, 0.15) is 11.6 Å². The van der Waals surface area contributed by atoms with Crippen molar-refractivity contribution in [1.29, 1.82) is 0 Å². The van der Waals surface area contributed by atoms with Crippen LogP contribution >= 0.6 is 15.9 Å². The van der Waals surface area contributed by atoms with Crippen LogP contribution in [-0.2, 0) is 0 Å². The molecule has 0 aliphatic heterocycles. The summed E-state index contributed by atoms with van der Waals surface area (Å²) in [6.45, 7) is 0. The number of carbonyl (C=O) groups excluding carboxylic acids is 1. The zero-order chi connectivity index (χ0) is 15.6. The van der Waals surface area contributed by atoms with Crippen LogP contribution in [-0.4, -0.2) is 15.8 Å². The molecule has 0 fully saturated rings. The van der Waals surface area contributed by atoms with Crippen LogP contribution in [0.2, 0.25) is 0 Å². The van der Waals surface area contributed by atoms with Gasteiger partial charge in [-0.05, 0) is 34.1 Å². The van der Waals surface area contributed by atoms with E-state index in [0.717, 1.165) is 0 Å². The second kappa shape index (κ2) is 5.92. The number of nitrogens with zero attached hydrogens (tertiary/aromatic N) is 2. The van der Waals surface area contributed by atoms with Crippen molar-refractivity contribution in [3.8, 4) is 0 Å². The third-order valence-electron chi connectivity index (χ3n) is 2.45. The van der Waals surface area contributed by atoms with E-state index in [4.69, 9.17) is 0 Å². The summed E-state index contributed by atoms with van der Waals surface area (Å²) in [7, 11) is 0. The van der Waals surface area contributed by atoms with Gasteiger partial charge in [-0.2, -0.15) is 4.39 Å². The lowest BCUT2D eigenvalue weighted by atomic mass is 10.1. The van der Waals surface area contributed by atoms with Gasteiger partial charge in [0.25, 0.3) is 5.91 Å². The van der Waals surface area contributed by atoms with Crippen molar-refractivity contribution in [2.75, 3.05) is 5.32 Å². The normalized spacial score (nSPS) is 10.2. The summed E-state index contributed by atoms with van der Waals surface area (Å²) in [5, 5.41) is 12.8. The lowest BCUT2D eigenvalue weighted by Gasteiger charge is -2.07. The average Bonchev–Trinajstić information content (AvgIpc) is 2.43. The second-order valence-electron chi connectivity index (χ2n) is 3.83. The van der Waals surface area contributed by atoms with Gasteiger partial charge >= 0.3 is 5.69 Å². The Morgan fingerprint density at radius 1 is 1.38 bits per heavy atom. The number of halogens is 3. The Labute approximate surface area is 125 Å². The predicted molar refractivity (Wildman–Crippen MR) is 72.9 cm³/mol. The molecule has 0 saturated heterocycles. The van der Waals surface area contributed by atoms with Gasteiger partial charge < -0.3 is 5.32 Å². The number of hydrogen-bond donors (Lipinski definition) is 1. The fraction of sp³-hybridized carbons (Fsp3) is 0. The summed E-state index contributed by atoms with van der Waals surface area (Å²) in [4.78, 5) is 25.2. The average molecular weight is 358 g/mol. The highest BCUT2D eigenvalue weighted by molar-refractivity contribution is 9.10. The van der Waals surface area contributed by atoms with E-state index in [-0.39, 0.29) is 5.82 Å². The van der Waals surface area contributed by atoms with Gasteiger partial charge in [-0.1, -0.05) is 0 Å². The van der Waals surface area contributed by atoms with Gasteiger partial charge in [-0.15, -0.1) is 0 Å². The minimum absolute atomic E-state index is 0.0776. The fourth-order valence-corrected chi connectivity index (χ4v) is 1.88. The Bertz CT molecular complexity index is 740. The maximum atomic E-state index is 13.9. The summed E-state index contributed by atoms with van der Waals surface area (Å²) in [5.41, 5.74) is -1.89. The summed E-state index contributed by atoms with van der Waals surface area (Å²) in [5.74, 6) is -3.47. The Morgan fingerprint density at radius 3 is 2.71 bits per heavy atom. The minimum Gasteiger partial charge on any atom is -0.306 e. The van der Waals surface area contributed by atoms with Gasteiger partial charge in [0.15, 0.2) is 0 Å². The van der Waals surface area contributed by atoms with Crippen LogP contribution in [0.5, 0.6) is 0 Å². The van der Waals surface area contributed by atoms with Gasteiger partial charge in [0.05, 0.1) is 21.0 Å². The SMILES string of the molecule is O=C(Nc1ncccc1Br)c1cc(F)cc([N+](=O)[O-])c1F. The molecule has 1 heterocycles.